The first-order chi connectivity index (χ1) is 10.9. The molecule has 0 saturated heterocycles. The number of guanidine groups is 2. The quantitative estimate of drug-likeness (QED) is 0.555. The number of aromatic hydroxyl groups is 1. The van der Waals surface area contributed by atoms with Gasteiger partial charge in [-0.05, 0) is 31.7 Å². The second kappa shape index (κ2) is 5.41. The van der Waals surface area contributed by atoms with Crippen LogP contribution in [-0.2, 0) is 0 Å². The monoisotopic (exact) mass is 318 g/mol. The lowest BCUT2D eigenvalue weighted by Crippen LogP contribution is -2.58. The third-order valence-electron chi connectivity index (χ3n) is 4.27. The summed E-state index contributed by atoms with van der Waals surface area (Å²) in [5, 5.41) is 21.6. The van der Waals surface area contributed by atoms with Crippen LogP contribution >= 0.6 is 0 Å². The van der Waals surface area contributed by atoms with Crippen molar-refractivity contribution in [3.8, 4) is 5.75 Å². The molecule has 0 radical (unpaired) electrons. The zero-order valence-corrected chi connectivity index (χ0v) is 12.5. The molecular formula is C14H18N6O3. The first kappa shape index (κ1) is 15.1. The maximum Gasteiger partial charge on any atom is 0.296 e. The fourth-order valence-electron chi connectivity index (χ4n) is 3.34. The normalized spacial score (nSPS) is 20.1. The molecule has 0 atom stereocenters. The molecule has 5 N–H and O–H groups in total. The number of nitrogens with two attached hydrogens (primary N) is 2. The predicted molar refractivity (Wildman–Crippen MR) is 86.3 cm³/mol. The van der Waals surface area contributed by atoms with E-state index in [0.29, 0.717) is 12.8 Å². The number of nitrogens with zero attached hydrogens (tertiary/aromatic N) is 4. The highest BCUT2D eigenvalue weighted by atomic mass is 16.6. The first-order valence-electron chi connectivity index (χ1n) is 7.41. The van der Waals surface area contributed by atoms with Gasteiger partial charge in [-0.1, -0.05) is 12.5 Å². The molecule has 9 heteroatoms. The number of nitro groups is 1. The molecule has 1 aliphatic heterocycles. The van der Waals surface area contributed by atoms with E-state index in [1.165, 1.54) is 23.1 Å². The number of aliphatic imine (C=N–C) groups is 2. The molecule has 1 spiro atoms. The third kappa shape index (κ3) is 2.43. The Labute approximate surface area is 132 Å². The SMILES string of the molecule is NC1=NC2(CCCCC2)N(c2c(O)cccc2[N+](=O)[O-])C(N)=N1. The van der Waals surface area contributed by atoms with E-state index in [0.717, 1.165) is 19.3 Å². The van der Waals surface area contributed by atoms with Crippen molar-refractivity contribution in [1.82, 2.24) is 0 Å². The van der Waals surface area contributed by atoms with Crippen LogP contribution in [-0.4, -0.2) is 27.6 Å². The molecule has 0 unspecified atom stereocenters. The van der Waals surface area contributed by atoms with Crippen LogP contribution < -0.4 is 16.4 Å². The van der Waals surface area contributed by atoms with Gasteiger partial charge < -0.3 is 16.6 Å². The fourth-order valence-corrected chi connectivity index (χ4v) is 3.34. The van der Waals surface area contributed by atoms with Crippen LogP contribution in [0, 0.1) is 10.1 Å². The Balaban J connectivity index is 2.21. The van der Waals surface area contributed by atoms with E-state index in [1.54, 1.807) is 0 Å². The number of phenols is 1. The van der Waals surface area contributed by atoms with Gasteiger partial charge in [0.25, 0.3) is 5.69 Å². The largest absolute Gasteiger partial charge is 0.505 e. The fraction of sp³-hybridized carbons (Fsp3) is 0.429. The second-order valence-electron chi connectivity index (χ2n) is 5.72. The Hall–Kier alpha value is -2.84. The summed E-state index contributed by atoms with van der Waals surface area (Å²) >= 11 is 0. The van der Waals surface area contributed by atoms with E-state index < -0.39 is 10.6 Å². The van der Waals surface area contributed by atoms with Gasteiger partial charge in [-0.2, -0.15) is 4.99 Å². The van der Waals surface area contributed by atoms with Gasteiger partial charge in [0.05, 0.1) is 4.92 Å². The predicted octanol–water partition coefficient (Wildman–Crippen LogP) is 1.41. The number of hydrogen-bond acceptors (Lipinski definition) is 8. The molecule has 1 fully saturated rings. The Morgan fingerprint density at radius 1 is 1.26 bits per heavy atom. The standard InChI is InChI=1S/C14H18N6O3/c15-12-17-13(16)19(14(18-12)7-2-1-3-8-14)11-9(20(22)23)5-4-6-10(11)21/h4-6,21H,1-3,7-8H2,(H4,15,16,17,18). The summed E-state index contributed by atoms with van der Waals surface area (Å²) in [6.45, 7) is 0. The molecule has 1 aromatic carbocycles. The van der Waals surface area contributed by atoms with Gasteiger partial charge in [0.2, 0.25) is 11.9 Å². The minimum Gasteiger partial charge on any atom is -0.505 e. The highest BCUT2D eigenvalue weighted by Crippen LogP contribution is 2.46. The minimum absolute atomic E-state index is 0.00370. The number of hydrogen-bond donors (Lipinski definition) is 3. The number of anilines is 1. The van der Waals surface area contributed by atoms with Gasteiger partial charge in [-0.3, -0.25) is 15.0 Å². The molecule has 1 heterocycles. The summed E-state index contributed by atoms with van der Waals surface area (Å²) in [5.74, 6) is -0.180. The van der Waals surface area contributed by atoms with Crippen molar-refractivity contribution in [2.45, 2.75) is 37.8 Å². The van der Waals surface area contributed by atoms with Crippen molar-refractivity contribution in [2.75, 3.05) is 4.90 Å². The van der Waals surface area contributed by atoms with Gasteiger partial charge in [-0.15, -0.1) is 0 Å². The van der Waals surface area contributed by atoms with Gasteiger partial charge >= 0.3 is 0 Å². The van der Waals surface area contributed by atoms with Crippen LogP contribution in [0.25, 0.3) is 0 Å². The Bertz CT molecular complexity index is 708. The summed E-state index contributed by atoms with van der Waals surface area (Å²) in [5.41, 5.74) is 10.7. The maximum atomic E-state index is 11.4. The summed E-state index contributed by atoms with van der Waals surface area (Å²) in [6, 6.07) is 4.12. The number of para-hydroxylation sites is 1. The average Bonchev–Trinajstić information content (AvgIpc) is 2.48. The van der Waals surface area contributed by atoms with Gasteiger partial charge in [0.1, 0.15) is 11.4 Å². The minimum atomic E-state index is -0.836. The molecular weight excluding hydrogens is 300 g/mol. The summed E-state index contributed by atoms with van der Waals surface area (Å²) < 4.78 is 0. The summed E-state index contributed by atoms with van der Waals surface area (Å²) in [6.07, 6.45) is 4.10. The lowest BCUT2D eigenvalue weighted by Gasteiger charge is -2.45. The first-order valence-corrected chi connectivity index (χ1v) is 7.41. The molecule has 0 amide bonds. The van der Waals surface area contributed by atoms with Crippen LogP contribution in [0.15, 0.2) is 28.2 Å². The second-order valence-corrected chi connectivity index (χ2v) is 5.72. The molecule has 2 aliphatic rings. The summed E-state index contributed by atoms with van der Waals surface area (Å²) in [7, 11) is 0. The van der Waals surface area contributed by atoms with Crippen molar-refractivity contribution >= 4 is 23.3 Å². The zero-order valence-electron chi connectivity index (χ0n) is 12.5. The Kier molecular flexibility index (Phi) is 3.55. The molecule has 0 aromatic heterocycles. The smallest absolute Gasteiger partial charge is 0.296 e. The van der Waals surface area contributed by atoms with E-state index in [-0.39, 0.29) is 29.0 Å². The third-order valence-corrected chi connectivity index (χ3v) is 4.27. The van der Waals surface area contributed by atoms with E-state index in [2.05, 4.69) is 9.98 Å². The van der Waals surface area contributed by atoms with Crippen molar-refractivity contribution in [1.29, 1.82) is 0 Å². The lowest BCUT2D eigenvalue weighted by molar-refractivity contribution is -0.384. The van der Waals surface area contributed by atoms with Crippen molar-refractivity contribution in [2.24, 2.45) is 21.5 Å². The molecule has 122 valence electrons. The zero-order chi connectivity index (χ0) is 16.6. The van der Waals surface area contributed by atoms with Crippen LogP contribution in [0.5, 0.6) is 5.75 Å². The molecule has 3 rings (SSSR count). The Morgan fingerprint density at radius 2 is 1.96 bits per heavy atom. The van der Waals surface area contributed by atoms with Crippen molar-refractivity contribution < 1.29 is 10.0 Å². The molecule has 1 aliphatic carbocycles. The number of benzene rings is 1. The van der Waals surface area contributed by atoms with Crippen molar-refractivity contribution in [3.63, 3.8) is 0 Å². The maximum absolute atomic E-state index is 11.4. The molecule has 1 aromatic rings. The average molecular weight is 318 g/mol. The van der Waals surface area contributed by atoms with E-state index >= 15 is 0 Å². The van der Waals surface area contributed by atoms with E-state index in [9.17, 15) is 15.2 Å². The van der Waals surface area contributed by atoms with Gasteiger partial charge in [0.15, 0.2) is 5.69 Å². The summed E-state index contributed by atoms with van der Waals surface area (Å²) in [4.78, 5) is 20.7. The van der Waals surface area contributed by atoms with E-state index in [4.69, 9.17) is 11.5 Å². The lowest BCUT2D eigenvalue weighted by atomic mass is 9.87. The van der Waals surface area contributed by atoms with Crippen LogP contribution in [0.1, 0.15) is 32.1 Å². The molecule has 23 heavy (non-hydrogen) atoms. The van der Waals surface area contributed by atoms with Crippen molar-refractivity contribution in [3.05, 3.63) is 28.3 Å². The van der Waals surface area contributed by atoms with Gasteiger partial charge in [0, 0.05) is 6.07 Å². The topological polar surface area (TPSA) is 143 Å². The van der Waals surface area contributed by atoms with Crippen LogP contribution in [0.2, 0.25) is 0 Å². The molecule has 1 saturated carbocycles. The van der Waals surface area contributed by atoms with Gasteiger partial charge in [-0.25, -0.2) is 4.99 Å². The van der Waals surface area contributed by atoms with Crippen LogP contribution in [0.4, 0.5) is 11.4 Å². The number of nitro benzene ring substituents is 1. The number of phenolic OH excluding ortho intramolecular Hbond substituents is 1. The highest BCUT2D eigenvalue weighted by molar-refractivity contribution is 6.07. The Morgan fingerprint density at radius 3 is 2.61 bits per heavy atom. The number of rotatable bonds is 2. The molecule has 9 nitrogen and oxygen atoms in total. The van der Waals surface area contributed by atoms with E-state index in [1.807, 2.05) is 0 Å². The van der Waals surface area contributed by atoms with Crippen LogP contribution in [0.3, 0.4) is 0 Å². The highest BCUT2D eigenvalue weighted by Gasteiger charge is 2.45. The molecule has 0 bridgehead atoms.